The maximum Gasteiger partial charge on any atom is 0.329 e. The number of anilines is 1. The average Bonchev–Trinajstić information content (AvgIpc) is 2.62. The molecule has 2 aromatic rings. The molecule has 7 heteroatoms. The lowest BCUT2D eigenvalue weighted by Crippen LogP contribution is -2.32. The molecule has 0 bridgehead atoms. The summed E-state index contributed by atoms with van der Waals surface area (Å²) in [5.74, 6) is -0.537. The van der Waals surface area contributed by atoms with Gasteiger partial charge >= 0.3 is 11.8 Å². The molecule has 25 heavy (non-hydrogen) atoms. The maximum atomic E-state index is 11.9. The van der Waals surface area contributed by atoms with E-state index in [-0.39, 0.29) is 0 Å². The zero-order valence-electron chi connectivity index (χ0n) is 14.2. The van der Waals surface area contributed by atoms with E-state index in [1.54, 1.807) is 43.5 Å². The van der Waals surface area contributed by atoms with Crippen LogP contribution in [-0.2, 0) is 9.59 Å². The number of carbonyl (C=O) groups excluding carboxylic acids is 2. The van der Waals surface area contributed by atoms with Crippen LogP contribution >= 0.6 is 0 Å². The summed E-state index contributed by atoms with van der Waals surface area (Å²) in [6, 6.07) is 12.3. The van der Waals surface area contributed by atoms with Crippen LogP contribution in [0.3, 0.4) is 0 Å². The van der Waals surface area contributed by atoms with Gasteiger partial charge < -0.3 is 14.8 Å². The molecular weight excluding hydrogens is 322 g/mol. The highest BCUT2D eigenvalue weighted by molar-refractivity contribution is 6.39. The third-order valence-electron chi connectivity index (χ3n) is 3.30. The Morgan fingerprint density at radius 1 is 1.00 bits per heavy atom. The van der Waals surface area contributed by atoms with Crippen LogP contribution in [0.1, 0.15) is 11.1 Å². The molecule has 2 amide bonds. The van der Waals surface area contributed by atoms with E-state index in [1.807, 2.05) is 13.0 Å². The number of amides is 2. The van der Waals surface area contributed by atoms with Crippen LogP contribution in [0.5, 0.6) is 11.5 Å². The molecule has 7 nitrogen and oxygen atoms in total. The third kappa shape index (κ3) is 5.07. The first-order valence-corrected chi connectivity index (χ1v) is 7.46. The molecule has 0 atom stereocenters. The lowest BCUT2D eigenvalue weighted by molar-refractivity contribution is -0.136. The summed E-state index contributed by atoms with van der Waals surface area (Å²) < 4.78 is 10.2. The van der Waals surface area contributed by atoms with E-state index < -0.39 is 11.8 Å². The fourth-order valence-electron chi connectivity index (χ4n) is 2.00. The van der Waals surface area contributed by atoms with Crippen molar-refractivity contribution < 1.29 is 19.1 Å². The summed E-state index contributed by atoms with van der Waals surface area (Å²) in [7, 11) is 3.06. The number of hydrogen-bond acceptors (Lipinski definition) is 5. The average molecular weight is 341 g/mol. The normalized spacial score (nSPS) is 10.4. The molecular formula is C18H19N3O4. The Kier molecular flexibility index (Phi) is 6.11. The van der Waals surface area contributed by atoms with E-state index in [1.165, 1.54) is 13.3 Å². The van der Waals surface area contributed by atoms with Crippen molar-refractivity contribution in [2.24, 2.45) is 5.10 Å². The second-order valence-electron chi connectivity index (χ2n) is 5.13. The van der Waals surface area contributed by atoms with Crippen LogP contribution in [0, 0.1) is 6.92 Å². The highest BCUT2D eigenvalue weighted by Crippen LogP contribution is 2.24. The van der Waals surface area contributed by atoms with Gasteiger partial charge in [0.2, 0.25) is 0 Å². The van der Waals surface area contributed by atoms with Crippen molar-refractivity contribution in [2.45, 2.75) is 6.92 Å². The smallest absolute Gasteiger partial charge is 0.329 e. The highest BCUT2D eigenvalue weighted by atomic mass is 16.5. The monoisotopic (exact) mass is 341 g/mol. The molecule has 0 unspecified atom stereocenters. The minimum atomic E-state index is -0.881. The Balaban J connectivity index is 1.95. The number of nitrogens with zero attached hydrogens (tertiary/aromatic N) is 1. The predicted molar refractivity (Wildman–Crippen MR) is 95.1 cm³/mol. The molecule has 130 valence electrons. The van der Waals surface area contributed by atoms with Gasteiger partial charge in [-0.05, 0) is 54.4 Å². The van der Waals surface area contributed by atoms with E-state index in [0.717, 1.165) is 11.1 Å². The standard InChI is InChI=1S/C18H19N3O4/c1-12-4-9-16(25-3)15(10-12)20-17(22)18(23)21-19-11-13-5-7-14(24-2)8-6-13/h4-11H,1-3H3,(H,20,22)(H,21,23)/b19-11-. The summed E-state index contributed by atoms with van der Waals surface area (Å²) in [6.45, 7) is 1.87. The van der Waals surface area contributed by atoms with Crippen molar-refractivity contribution in [3.8, 4) is 11.5 Å². The molecule has 2 N–H and O–H groups in total. The SMILES string of the molecule is COc1ccc(/C=N\NC(=O)C(=O)Nc2cc(C)ccc2OC)cc1. The molecule has 0 aliphatic carbocycles. The Bertz CT molecular complexity index is 785. The number of ether oxygens (including phenoxy) is 2. The summed E-state index contributed by atoms with van der Waals surface area (Å²) in [4.78, 5) is 23.8. The van der Waals surface area contributed by atoms with Gasteiger partial charge in [-0.15, -0.1) is 0 Å². The Hall–Kier alpha value is -3.35. The summed E-state index contributed by atoms with van der Waals surface area (Å²) in [6.07, 6.45) is 1.43. The van der Waals surface area contributed by atoms with Crippen molar-refractivity contribution in [3.63, 3.8) is 0 Å². The van der Waals surface area contributed by atoms with Gasteiger partial charge in [0.1, 0.15) is 11.5 Å². The fraction of sp³-hybridized carbons (Fsp3) is 0.167. The van der Waals surface area contributed by atoms with Gasteiger partial charge in [-0.25, -0.2) is 5.43 Å². The van der Waals surface area contributed by atoms with Gasteiger partial charge in [0.25, 0.3) is 0 Å². The number of methoxy groups -OCH3 is 2. The van der Waals surface area contributed by atoms with E-state index in [2.05, 4.69) is 15.8 Å². The Morgan fingerprint density at radius 2 is 1.72 bits per heavy atom. The molecule has 0 fully saturated rings. The number of benzene rings is 2. The number of hydrogen-bond donors (Lipinski definition) is 2. The van der Waals surface area contributed by atoms with Crippen molar-refractivity contribution in [1.82, 2.24) is 5.43 Å². The van der Waals surface area contributed by atoms with Gasteiger partial charge in [0.15, 0.2) is 0 Å². The topological polar surface area (TPSA) is 89.0 Å². The zero-order valence-corrected chi connectivity index (χ0v) is 14.2. The van der Waals surface area contributed by atoms with E-state index in [9.17, 15) is 9.59 Å². The number of nitrogens with one attached hydrogen (secondary N) is 2. The van der Waals surface area contributed by atoms with Crippen molar-refractivity contribution >= 4 is 23.7 Å². The maximum absolute atomic E-state index is 11.9. The number of rotatable bonds is 5. The van der Waals surface area contributed by atoms with Gasteiger partial charge in [-0.3, -0.25) is 9.59 Å². The van der Waals surface area contributed by atoms with Gasteiger partial charge in [-0.1, -0.05) is 6.07 Å². The Labute approximate surface area is 145 Å². The lowest BCUT2D eigenvalue weighted by atomic mass is 10.2. The van der Waals surface area contributed by atoms with Crippen molar-refractivity contribution in [1.29, 1.82) is 0 Å². The number of aryl methyl sites for hydroxylation is 1. The first-order valence-electron chi connectivity index (χ1n) is 7.46. The van der Waals surface area contributed by atoms with Crippen LogP contribution < -0.4 is 20.2 Å². The molecule has 2 rings (SSSR count). The third-order valence-corrected chi connectivity index (χ3v) is 3.30. The fourth-order valence-corrected chi connectivity index (χ4v) is 2.00. The lowest BCUT2D eigenvalue weighted by Gasteiger charge is -2.10. The predicted octanol–water partition coefficient (Wildman–Crippen LogP) is 2.10. The summed E-state index contributed by atoms with van der Waals surface area (Å²) in [5, 5.41) is 6.26. The minimum Gasteiger partial charge on any atom is -0.497 e. The second-order valence-corrected chi connectivity index (χ2v) is 5.13. The quantitative estimate of drug-likeness (QED) is 0.495. The molecule has 0 saturated carbocycles. The molecule has 0 radical (unpaired) electrons. The van der Waals surface area contributed by atoms with Crippen LogP contribution in [0.25, 0.3) is 0 Å². The van der Waals surface area contributed by atoms with Crippen LogP contribution in [0.2, 0.25) is 0 Å². The van der Waals surface area contributed by atoms with E-state index >= 15 is 0 Å². The molecule has 0 aromatic heterocycles. The second kappa shape index (κ2) is 8.49. The molecule has 0 aliphatic heterocycles. The van der Waals surface area contributed by atoms with Crippen LogP contribution in [0.15, 0.2) is 47.6 Å². The van der Waals surface area contributed by atoms with Crippen LogP contribution in [0.4, 0.5) is 5.69 Å². The van der Waals surface area contributed by atoms with Gasteiger partial charge in [0, 0.05) is 0 Å². The zero-order chi connectivity index (χ0) is 18.2. The van der Waals surface area contributed by atoms with Gasteiger partial charge in [-0.2, -0.15) is 5.10 Å². The minimum absolute atomic E-state index is 0.418. The summed E-state index contributed by atoms with van der Waals surface area (Å²) >= 11 is 0. The summed E-state index contributed by atoms with van der Waals surface area (Å²) in [5.41, 5.74) is 4.27. The molecule has 0 saturated heterocycles. The highest BCUT2D eigenvalue weighted by Gasteiger charge is 2.15. The molecule has 0 spiro atoms. The first-order chi connectivity index (χ1) is 12.0. The van der Waals surface area contributed by atoms with Crippen molar-refractivity contribution in [2.75, 3.05) is 19.5 Å². The van der Waals surface area contributed by atoms with Crippen LogP contribution in [-0.4, -0.2) is 32.2 Å². The largest absolute Gasteiger partial charge is 0.497 e. The number of hydrazone groups is 1. The van der Waals surface area contributed by atoms with E-state index in [0.29, 0.717) is 17.2 Å². The van der Waals surface area contributed by atoms with Gasteiger partial charge in [0.05, 0.1) is 26.1 Å². The Morgan fingerprint density at radius 3 is 2.36 bits per heavy atom. The first kappa shape index (κ1) is 18.0. The van der Waals surface area contributed by atoms with E-state index in [4.69, 9.17) is 9.47 Å². The molecule has 2 aromatic carbocycles. The molecule has 0 heterocycles. The molecule has 0 aliphatic rings. The van der Waals surface area contributed by atoms with Crippen molar-refractivity contribution in [3.05, 3.63) is 53.6 Å². The number of carbonyl (C=O) groups is 2.